The first-order chi connectivity index (χ1) is 13.3. The van der Waals surface area contributed by atoms with Crippen molar-refractivity contribution in [3.63, 3.8) is 0 Å². The Labute approximate surface area is 161 Å². The van der Waals surface area contributed by atoms with Crippen LogP contribution in [-0.4, -0.2) is 38.8 Å². The predicted octanol–water partition coefficient (Wildman–Crippen LogP) is 3.02. The smallest absolute Gasteiger partial charge is 0.391 e. The number of halogens is 4. The number of pyridine rings is 1. The number of aromatic nitrogens is 3. The summed E-state index contributed by atoms with van der Waals surface area (Å²) >= 11 is 6.17. The third-order valence-corrected chi connectivity index (χ3v) is 4.89. The summed E-state index contributed by atoms with van der Waals surface area (Å²) in [7, 11) is 0. The standard InChI is InChI=1S/C18H14ClF3N4O2/c19-12-3-1-2-4-13(12)26-16-11(5-6-14(23-16)18(20,21)22)15(24-17(26)28)25-8-7-10(27)9-25/h1-6,10,27H,7-9H2. The normalized spacial score (nSPS) is 17.5. The van der Waals surface area contributed by atoms with Crippen molar-refractivity contribution in [1.82, 2.24) is 14.5 Å². The van der Waals surface area contributed by atoms with Gasteiger partial charge in [-0.25, -0.2) is 14.3 Å². The Morgan fingerprint density at radius 2 is 1.89 bits per heavy atom. The Bertz CT molecular complexity index is 1120. The van der Waals surface area contributed by atoms with Gasteiger partial charge in [0.1, 0.15) is 11.5 Å². The first-order valence-corrected chi connectivity index (χ1v) is 8.82. The second-order valence-electron chi connectivity index (χ2n) is 6.46. The third kappa shape index (κ3) is 3.20. The number of nitrogens with zero attached hydrogens (tertiary/aromatic N) is 4. The highest BCUT2D eigenvalue weighted by Gasteiger charge is 2.34. The van der Waals surface area contributed by atoms with Crippen LogP contribution < -0.4 is 10.6 Å². The van der Waals surface area contributed by atoms with E-state index in [2.05, 4.69) is 9.97 Å². The fourth-order valence-electron chi connectivity index (χ4n) is 3.27. The van der Waals surface area contributed by atoms with Crippen molar-refractivity contribution >= 4 is 28.5 Å². The van der Waals surface area contributed by atoms with Gasteiger partial charge in [0.25, 0.3) is 0 Å². The molecule has 3 heterocycles. The average molecular weight is 411 g/mol. The molecule has 1 fully saturated rings. The Morgan fingerprint density at radius 1 is 1.14 bits per heavy atom. The van der Waals surface area contributed by atoms with E-state index in [1.165, 1.54) is 18.2 Å². The van der Waals surface area contributed by atoms with Gasteiger partial charge in [-0.2, -0.15) is 18.2 Å². The molecule has 146 valence electrons. The molecule has 1 aliphatic rings. The van der Waals surface area contributed by atoms with Crippen molar-refractivity contribution in [1.29, 1.82) is 0 Å². The molecule has 0 spiro atoms. The van der Waals surface area contributed by atoms with Gasteiger partial charge < -0.3 is 10.0 Å². The summed E-state index contributed by atoms with van der Waals surface area (Å²) in [5.74, 6) is 0.195. The van der Waals surface area contributed by atoms with Gasteiger partial charge in [0.05, 0.1) is 22.2 Å². The van der Waals surface area contributed by atoms with Crippen molar-refractivity contribution < 1.29 is 18.3 Å². The molecular formula is C18H14ClF3N4O2. The fourth-order valence-corrected chi connectivity index (χ4v) is 3.49. The lowest BCUT2D eigenvalue weighted by molar-refractivity contribution is -0.141. The quantitative estimate of drug-likeness (QED) is 0.703. The number of hydrogen-bond acceptors (Lipinski definition) is 5. The molecule has 1 aliphatic heterocycles. The molecule has 0 amide bonds. The summed E-state index contributed by atoms with van der Waals surface area (Å²) in [5.41, 5.74) is -1.94. The zero-order valence-corrected chi connectivity index (χ0v) is 15.1. The van der Waals surface area contributed by atoms with Crippen LogP contribution in [-0.2, 0) is 6.18 Å². The van der Waals surface area contributed by atoms with E-state index in [-0.39, 0.29) is 34.1 Å². The fraction of sp³-hybridized carbons (Fsp3) is 0.278. The molecule has 4 rings (SSSR count). The highest BCUT2D eigenvalue weighted by Crippen LogP contribution is 2.33. The van der Waals surface area contributed by atoms with Gasteiger partial charge >= 0.3 is 11.9 Å². The first-order valence-electron chi connectivity index (χ1n) is 8.44. The molecule has 1 aromatic carbocycles. The van der Waals surface area contributed by atoms with E-state index in [1.807, 2.05) is 0 Å². The van der Waals surface area contributed by atoms with Crippen LogP contribution in [0.15, 0.2) is 41.2 Å². The monoisotopic (exact) mass is 410 g/mol. The number of aliphatic hydroxyl groups excluding tert-OH is 1. The molecule has 10 heteroatoms. The van der Waals surface area contributed by atoms with E-state index < -0.39 is 23.7 Å². The number of para-hydroxylation sites is 1. The summed E-state index contributed by atoms with van der Waals surface area (Å²) < 4.78 is 40.7. The van der Waals surface area contributed by atoms with Gasteiger partial charge in [-0.1, -0.05) is 23.7 Å². The number of benzene rings is 1. The minimum absolute atomic E-state index is 0.177. The van der Waals surface area contributed by atoms with Crippen molar-refractivity contribution in [2.45, 2.75) is 18.7 Å². The van der Waals surface area contributed by atoms with E-state index in [4.69, 9.17) is 11.6 Å². The zero-order valence-electron chi connectivity index (χ0n) is 14.3. The summed E-state index contributed by atoms with van der Waals surface area (Å²) in [6.45, 7) is 0.665. The molecule has 28 heavy (non-hydrogen) atoms. The summed E-state index contributed by atoms with van der Waals surface area (Å²) in [6, 6.07) is 8.37. The summed E-state index contributed by atoms with van der Waals surface area (Å²) in [4.78, 5) is 22.3. The molecule has 0 saturated carbocycles. The second kappa shape index (κ2) is 6.75. The number of β-amino-alcohol motifs (C(OH)–C–C–N with tert-alkyl or cyclic N) is 1. The van der Waals surface area contributed by atoms with Gasteiger partial charge in [-0.3, -0.25) is 0 Å². The van der Waals surface area contributed by atoms with Crippen LogP contribution in [0.4, 0.5) is 19.0 Å². The first kappa shape index (κ1) is 18.7. The molecule has 0 aliphatic carbocycles. The lowest BCUT2D eigenvalue weighted by atomic mass is 10.2. The van der Waals surface area contributed by atoms with E-state index in [9.17, 15) is 23.1 Å². The van der Waals surface area contributed by atoms with Crippen molar-refractivity contribution in [2.24, 2.45) is 0 Å². The maximum atomic E-state index is 13.2. The van der Waals surface area contributed by atoms with Gasteiger partial charge in [0.2, 0.25) is 0 Å². The molecule has 3 aromatic rings. The lowest BCUT2D eigenvalue weighted by Crippen LogP contribution is -2.30. The number of fused-ring (bicyclic) bond motifs is 1. The molecule has 0 bridgehead atoms. The number of aliphatic hydroxyl groups is 1. The van der Waals surface area contributed by atoms with Crippen LogP contribution in [0, 0.1) is 0 Å². The topological polar surface area (TPSA) is 71.2 Å². The van der Waals surface area contributed by atoms with E-state index >= 15 is 0 Å². The van der Waals surface area contributed by atoms with Gasteiger partial charge in [-0.05, 0) is 30.7 Å². The second-order valence-corrected chi connectivity index (χ2v) is 6.87. The van der Waals surface area contributed by atoms with Gasteiger partial charge in [0, 0.05) is 13.1 Å². The SMILES string of the molecule is O=c1nc(N2CCC(O)C2)c2ccc(C(F)(F)F)nc2n1-c1ccccc1Cl. The summed E-state index contributed by atoms with van der Waals surface area (Å²) in [6.07, 6.45) is -4.79. The van der Waals surface area contributed by atoms with E-state index in [0.29, 0.717) is 13.0 Å². The van der Waals surface area contributed by atoms with Gasteiger partial charge in [-0.15, -0.1) is 0 Å². The number of rotatable bonds is 2. The minimum atomic E-state index is -4.68. The molecule has 1 saturated heterocycles. The van der Waals surface area contributed by atoms with Crippen molar-refractivity contribution in [3.8, 4) is 5.69 Å². The Morgan fingerprint density at radius 3 is 2.54 bits per heavy atom. The van der Waals surface area contributed by atoms with Crippen molar-refractivity contribution in [3.05, 3.63) is 57.6 Å². The maximum absolute atomic E-state index is 13.2. The van der Waals surface area contributed by atoms with Gasteiger partial charge in [0.15, 0.2) is 5.65 Å². The van der Waals surface area contributed by atoms with E-state index in [1.54, 1.807) is 17.0 Å². The lowest BCUT2D eigenvalue weighted by Gasteiger charge is -2.20. The maximum Gasteiger partial charge on any atom is 0.433 e. The van der Waals surface area contributed by atoms with Crippen LogP contribution >= 0.6 is 11.6 Å². The highest BCUT2D eigenvalue weighted by atomic mass is 35.5. The predicted molar refractivity (Wildman–Crippen MR) is 98.0 cm³/mol. The average Bonchev–Trinajstić information content (AvgIpc) is 3.07. The van der Waals surface area contributed by atoms with Crippen LogP contribution in [0.2, 0.25) is 5.02 Å². The minimum Gasteiger partial charge on any atom is -0.391 e. The van der Waals surface area contributed by atoms with E-state index in [0.717, 1.165) is 10.6 Å². The highest BCUT2D eigenvalue weighted by molar-refractivity contribution is 6.32. The summed E-state index contributed by atoms with van der Waals surface area (Å²) in [5, 5.41) is 10.2. The number of hydrogen-bond donors (Lipinski definition) is 1. The Kier molecular flexibility index (Phi) is 4.51. The molecule has 2 aromatic heterocycles. The Balaban J connectivity index is 2.05. The number of anilines is 1. The molecule has 1 N–H and O–H groups in total. The Hall–Kier alpha value is -2.65. The third-order valence-electron chi connectivity index (χ3n) is 4.57. The molecule has 1 unspecified atom stereocenters. The van der Waals surface area contributed by atoms with Crippen LogP contribution in [0.1, 0.15) is 12.1 Å². The molecule has 0 radical (unpaired) electrons. The van der Waals surface area contributed by atoms with Crippen LogP contribution in [0.3, 0.4) is 0 Å². The zero-order chi connectivity index (χ0) is 20.1. The molecular weight excluding hydrogens is 397 g/mol. The largest absolute Gasteiger partial charge is 0.433 e. The van der Waals surface area contributed by atoms with Crippen LogP contribution in [0.25, 0.3) is 16.7 Å². The molecule has 6 nitrogen and oxygen atoms in total. The van der Waals surface area contributed by atoms with Crippen LogP contribution in [0.5, 0.6) is 0 Å². The van der Waals surface area contributed by atoms with Crippen molar-refractivity contribution in [2.75, 3.05) is 18.0 Å². The number of alkyl halides is 3. The molecule has 1 atom stereocenters.